The Morgan fingerprint density at radius 1 is 1.25 bits per heavy atom. The van der Waals surface area contributed by atoms with Crippen molar-refractivity contribution in [2.75, 3.05) is 13.1 Å². The van der Waals surface area contributed by atoms with E-state index in [1.165, 1.54) is 25.9 Å². The minimum atomic E-state index is 0.304. The highest BCUT2D eigenvalue weighted by atomic mass is 15.2. The maximum atomic E-state index is 5.86. The van der Waals surface area contributed by atoms with Gasteiger partial charge in [-0.2, -0.15) is 0 Å². The lowest BCUT2D eigenvalue weighted by Crippen LogP contribution is -2.47. The predicted octanol–water partition coefficient (Wildman–Crippen LogP) is 1.45. The lowest BCUT2D eigenvalue weighted by Gasteiger charge is -2.36. The van der Waals surface area contributed by atoms with Gasteiger partial charge in [-0.3, -0.25) is 4.90 Å². The minimum Gasteiger partial charge on any atom is -0.327 e. The van der Waals surface area contributed by atoms with Gasteiger partial charge in [0.2, 0.25) is 0 Å². The Bertz CT molecular complexity index is 126. The van der Waals surface area contributed by atoms with Crippen LogP contribution in [0.25, 0.3) is 0 Å². The van der Waals surface area contributed by atoms with Crippen LogP contribution in [0.5, 0.6) is 0 Å². The number of rotatable bonds is 2. The summed E-state index contributed by atoms with van der Waals surface area (Å²) in [6, 6.07) is 0.857. The molecule has 0 aromatic carbocycles. The van der Waals surface area contributed by atoms with E-state index in [1.807, 2.05) is 0 Å². The summed E-state index contributed by atoms with van der Waals surface area (Å²) < 4.78 is 0. The first-order valence-electron chi connectivity index (χ1n) is 5.11. The zero-order chi connectivity index (χ0) is 9.14. The van der Waals surface area contributed by atoms with Crippen LogP contribution in [0.2, 0.25) is 0 Å². The molecular formula is C10H22N2. The molecule has 0 spiro atoms. The number of nitrogens with two attached hydrogens (primary N) is 1. The molecule has 1 rings (SSSR count). The molecule has 0 saturated carbocycles. The lowest BCUT2D eigenvalue weighted by molar-refractivity contribution is 0.134. The fraction of sp³-hybridized carbons (Fsp3) is 1.00. The smallest absolute Gasteiger partial charge is 0.0216 e. The Hall–Kier alpha value is -0.0800. The summed E-state index contributed by atoms with van der Waals surface area (Å²) in [6.45, 7) is 9.16. The standard InChI is InChI=1S/C10H22N2/c1-8-4-6-12(7-5-8)10(3)9(2)11/h8-10H,4-7,11H2,1-3H3. The zero-order valence-corrected chi connectivity index (χ0v) is 8.59. The summed E-state index contributed by atoms with van der Waals surface area (Å²) in [7, 11) is 0. The third kappa shape index (κ3) is 2.46. The molecule has 1 saturated heterocycles. The van der Waals surface area contributed by atoms with E-state index in [-0.39, 0.29) is 0 Å². The fourth-order valence-electron chi connectivity index (χ4n) is 1.77. The van der Waals surface area contributed by atoms with Crippen LogP contribution in [-0.2, 0) is 0 Å². The van der Waals surface area contributed by atoms with Crippen molar-refractivity contribution in [1.29, 1.82) is 0 Å². The molecule has 2 nitrogen and oxygen atoms in total. The third-order valence-electron chi connectivity index (χ3n) is 3.16. The van der Waals surface area contributed by atoms with E-state index >= 15 is 0 Å². The van der Waals surface area contributed by atoms with Crippen LogP contribution in [0.4, 0.5) is 0 Å². The molecule has 0 aliphatic carbocycles. The van der Waals surface area contributed by atoms with Crippen LogP contribution in [0.1, 0.15) is 33.6 Å². The quantitative estimate of drug-likeness (QED) is 0.679. The van der Waals surface area contributed by atoms with Crippen molar-refractivity contribution in [1.82, 2.24) is 4.90 Å². The minimum absolute atomic E-state index is 0.304. The molecule has 12 heavy (non-hydrogen) atoms. The summed E-state index contributed by atoms with van der Waals surface area (Å²) in [5, 5.41) is 0. The molecule has 0 bridgehead atoms. The average Bonchev–Trinajstić information content (AvgIpc) is 2.04. The Labute approximate surface area is 76.1 Å². The molecule has 0 aromatic rings. The molecule has 72 valence electrons. The van der Waals surface area contributed by atoms with E-state index in [2.05, 4.69) is 25.7 Å². The molecule has 0 radical (unpaired) electrons. The van der Waals surface area contributed by atoms with Crippen molar-refractivity contribution in [3.63, 3.8) is 0 Å². The van der Waals surface area contributed by atoms with Gasteiger partial charge >= 0.3 is 0 Å². The molecular weight excluding hydrogens is 148 g/mol. The van der Waals surface area contributed by atoms with Gasteiger partial charge in [0.15, 0.2) is 0 Å². The highest BCUT2D eigenvalue weighted by molar-refractivity contribution is 4.78. The van der Waals surface area contributed by atoms with Gasteiger partial charge in [0.25, 0.3) is 0 Å². The second-order valence-electron chi connectivity index (χ2n) is 4.32. The zero-order valence-electron chi connectivity index (χ0n) is 8.59. The van der Waals surface area contributed by atoms with E-state index < -0.39 is 0 Å². The Morgan fingerprint density at radius 2 is 1.75 bits per heavy atom. The fourth-order valence-corrected chi connectivity index (χ4v) is 1.77. The monoisotopic (exact) mass is 170 g/mol. The molecule has 2 unspecified atom stereocenters. The summed E-state index contributed by atoms with van der Waals surface area (Å²) >= 11 is 0. The second-order valence-corrected chi connectivity index (χ2v) is 4.32. The summed E-state index contributed by atoms with van der Waals surface area (Å²) in [4.78, 5) is 2.52. The van der Waals surface area contributed by atoms with Crippen molar-refractivity contribution in [3.05, 3.63) is 0 Å². The maximum absolute atomic E-state index is 5.86. The van der Waals surface area contributed by atoms with E-state index in [1.54, 1.807) is 0 Å². The topological polar surface area (TPSA) is 29.3 Å². The Balaban J connectivity index is 2.34. The van der Waals surface area contributed by atoms with Crippen molar-refractivity contribution >= 4 is 0 Å². The van der Waals surface area contributed by atoms with E-state index in [9.17, 15) is 0 Å². The molecule has 0 aromatic heterocycles. The number of hydrogen-bond acceptors (Lipinski definition) is 2. The van der Waals surface area contributed by atoms with Crippen LogP contribution in [0.3, 0.4) is 0 Å². The van der Waals surface area contributed by atoms with E-state index in [0.717, 1.165) is 5.92 Å². The van der Waals surface area contributed by atoms with Crippen LogP contribution >= 0.6 is 0 Å². The number of piperidine rings is 1. The molecule has 0 amide bonds. The predicted molar refractivity (Wildman–Crippen MR) is 53.1 cm³/mol. The normalized spacial score (nSPS) is 27.0. The Kier molecular flexibility index (Phi) is 3.53. The van der Waals surface area contributed by atoms with E-state index in [4.69, 9.17) is 5.73 Å². The van der Waals surface area contributed by atoms with Crippen LogP contribution in [0.15, 0.2) is 0 Å². The van der Waals surface area contributed by atoms with Crippen LogP contribution in [0, 0.1) is 5.92 Å². The lowest BCUT2D eigenvalue weighted by atomic mass is 9.97. The van der Waals surface area contributed by atoms with Gasteiger partial charge in [-0.15, -0.1) is 0 Å². The summed E-state index contributed by atoms with van der Waals surface area (Å²) in [5.74, 6) is 0.918. The second kappa shape index (κ2) is 4.24. The number of likely N-dealkylation sites (tertiary alicyclic amines) is 1. The first-order chi connectivity index (χ1) is 5.61. The molecule has 2 heteroatoms. The first-order valence-corrected chi connectivity index (χ1v) is 5.11. The molecule has 2 N–H and O–H groups in total. The molecule has 2 atom stereocenters. The first kappa shape index (κ1) is 10.0. The van der Waals surface area contributed by atoms with Crippen LogP contribution in [-0.4, -0.2) is 30.1 Å². The van der Waals surface area contributed by atoms with Crippen molar-refractivity contribution in [2.45, 2.75) is 45.7 Å². The van der Waals surface area contributed by atoms with Gasteiger partial charge in [-0.05, 0) is 45.7 Å². The SMILES string of the molecule is CC1CCN(C(C)C(C)N)CC1. The highest BCUT2D eigenvalue weighted by Crippen LogP contribution is 2.18. The molecule has 1 heterocycles. The van der Waals surface area contributed by atoms with E-state index in [0.29, 0.717) is 12.1 Å². The van der Waals surface area contributed by atoms with Gasteiger partial charge in [-0.25, -0.2) is 0 Å². The molecule has 1 aliphatic rings. The van der Waals surface area contributed by atoms with Gasteiger partial charge in [0.05, 0.1) is 0 Å². The number of hydrogen-bond donors (Lipinski definition) is 1. The van der Waals surface area contributed by atoms with Crippen LogP contribution < -0.4 is 5.73 Å². The maximum Gasteiger partial charge on any atom is 0.0216 e. The van der Waals surface area contributed by atoms with Gasteiger partial charge in [0.1, 0.15) is 0 Å². The van der Waals surface area contributed by atoms with Gasteiger partial charge in [0, 0.05) is 12.1 Å². The van der Waals surface area contributed by atoms with Gasteiger partial charge < -0.3 is 5.73 Å². The summed E-state index contributed by atoms with van der Waals surface area (Å²) in [6.07, 6.45) is 2.69. The average molecular weight is 170 g/mol. The summed E-state index contributed by atoms with van der Waals surface area (Å²) in [5.41, 5.74) is 5.86. The highest BCUT2D eigenvalue weighted by Gasteiger charge is 2.21. The third-order valence-corrected chi connectivity index (χ3v) is 3.16. The van der Waals surface area contributed by atoms with Crippen molar-refractivity contribution in [3.8, 4) is 0 Å². The van der Waals surface area contributed by atoms with Crippen molar-refractivity contribution < 1.29 is 0 Å². The number of nitrogens with zero attached hydrogens (tertiary/aromatic N) is 1. The Morgan fingerprint density at radius 3 is 2.17 bits per heavy atom. The van der Waals surface area contributed by atoms with Crippen molar-refractivity contribution in [2.24, 2.45) is 11.7 Å². The van der Waals surface area contributed by atoms with Gasteiger partial charge in [-0.1, -0.05) is 6.92 Å². The molecule has 1 fully saturated rings. The molecule has 1 aliphatic heterocycles. The largest absolute Gasteiger partial charge is 0.327 e.